The Balaban J connectivity index is 2.25. The predicted molar refractivity (Wildman–Crippen MR) is 78.9 cm³/mol. The number of aliphatic hydroxyl groups excluding tert-OH is 1. The third-order valence-electron chi connectivity index (χ3n) is 2.90. The van der Waals surface area contributed by atoms with E-state index in [4.69, 9.17) is 4.74 Å². The summed E-state index contributed by atoms with van der Waals surface area (Å²) in [6.07, 6.45) is 0.309. The van der Waals surface area contributed by atoms with Crippen molar-refractivity contribution in [2.45, 2.75) is 19.4 Å². The summed E-state index contributed by atoms with van der Waals surface area (Å²) in [6, 6.07) is 7.82. The normalized spacial score (nSPS) is 12.0. The molecule has 0 radical (unpaired) electrons. The minimum absolute atomic E-state index is 0.0197. The molecule has 0 bridgehead atoms. The van der Waals surface area contributed by atoms with Crippen LogP contribution in [0.2, 0.25) is 0 Å². The maximum atomic E-state index is 11.3. The first-order chi connectivity index (χ1) is 9.52. The number of likely N-dealkylation sites (N-methyl/N-ethyl adjacent to an activating group) is 1. The molecule has 20 heavy (non-hydrogen) atoms. The first kappa shape index (κ1) is 16.5. The lowest BCUT2D eigenvalue weighted by molar-refractivity contribution is -0.127. The van der Waals surface area contributed by atoms with Crippen LogP contribution in [0.3, 0.4) is 0 Å². The van der Waals surface area contributed by atoms with E-state index in [1.54, 1.807) is 14.1 Å². The first-order valence-electron chi connectivity index (χ1n) is 6.83. The molecule has 0 aliphatic heterocycles. The zero-order valence-corrected chi connectivity index (χ0v) is 12.4. The molecule has 0 aromatic heterocycles. The van der Waals surface area contributed by atoms with Gasteiger partial charge in [0.1, 0.15) is 18.5 Å². The zero-order valence-electron chi connectivity index (χ0n) is 12.4. The van der Waals surface area contributed by atoms with Crippen molar-refractivity contribution in [3.8, 4) is 5.75 Å². The lowest BCUT2D eigenvalue weighted by Gasteiger charge is -2.15. The Hall–Kier alpha value is -1.59. The van der Waals surface area contributed by atoms with Crippen molar-refractivity contribution in [3.05, 3.63) is 29.8 Å². The fraction of sp³-hybridized carbons (Fsp3) is 0.533. The summed E-state index contributed by atoms with van der Waals surface area (Å²) in [5.41, 5.74) is 1.20. The van der Waals surface area contributed by atoms with E-state index in [2.05, 4.69) is 12.2 Å². The Morgan fingerprint density at radius 2 is 2.20 bits per heavy atom. The number of benzene rings is 1. The van der Waals surface area contributed by atoms with Gasteiger partial charge < -0.3 is 20.1 Å². The van der Waals surface area contributed by atoms with E-state index in [0.717, 1.165) is 12.2 Å². The molecule has 0 spiro atoms. The van der Waals surface area contributed by atoms with Gasteiger partial charge in [0.05, 0.1) is 6.54 Å². The Labute approximate surface area is 120 Å². The van der Waals surface area contributed by atoms with Crippen LogP contribution in [0.25, 0.3) is 0 Å². The molecule has 1 amide bonds. The summed E-state index contributed by atoms with van der Waals surface area (Å²) in [5.74, 6) is 0.738. The van der Waals surface area contributed by atoms with E-state index in [1.165, 1.54) is 10.5 Å². The van der Waals surface area contributed by atoms with Crippen LogP contribution >= 0.6 is 0 Å². The predicted octanol–water partition coefficient (Wildman–Crippen LogP) is 0.666. The smallest absolute Gasteiger partial charge is 0.236 e. The zero-order chi connectivity index (χ0) is 15.0. The molecule has 1 aromatic carbocycles. The van der Waals surface area contributed by atoms with Crippen molar-refractivity contribution < 1.29 is 14.6 Å². The van der Waals surface area contributed by atoms with Crippen molar-refractivity contribution in [2.75, 3.05) is 33.8 Å². The van der Waals surface area contributed by atoms with Gasteiger partial charge in [-0.25, -0.2) is 0 Å². The summed E-state index contributed by atoms with van der Waals surface area (Å²) in [4.78, 5) is 12.8. The highest BCUT2D eigenvalue weighted by Crippen LogP contribution is 2.13. The second kappa shape index (κ2) is 8.55. The molecule has 5 nitrogen and oxygen atoms in total. The van der Waals surface area contributed by atoms with Crippen LogP contribution in [-0.4, -0.2) is 55.8 Å². The second-order valence-electron chi connectivity index (χ2n) is 4.88. The SMILES string of the molecule is CCc1cccc(OCC(O)CNCC(=O)N(C)C)c1. The van der Waals surface area contributed by atoms with Crippen molar-refractivity contribution in [2.24, 2.45) is 0 Å². The van der Waals surface area contributed by atoms with Crippen molar-refractivity contribution in [1.82, 2.24) is 10.2 Å². The lowest BCUT2D eigenvalue weighted by atomic mass is 10.2. The second-order valence-corrected chi connectivity index (χ2v) is 4.88. The number of hydrogen-bond acceptors (Lipinski definition) is 4. The molecular formula is C15H24N2O3. The molecule has 112 valence electrons. The van der Waals surface area contributed by atoms with Crippen LogP contribution in [0, 0.1) is 0 Å². The minimum Gasteiger partial charge on any atom is -0.491 e. The van der Waals surface area contributed by atoms with Gasteiger partial charge in [0.2, 0.25) is 5.91 Å². The summed E-state index contributed by atoms with van der Waals surface area (Å²) in [7, 11) is 3.40. The highest BCUT2D eigenvalue weighted by molar-refractivity contribution is 5.77. The van der Waals surface area contributed by atoms with Gasteiger partial charge in [-0.2, -0.15) is 0 Å². The van der Waals surface area contributed by atoms with E-state index >= 15 is 0 Å². The van der Waals surface area contributed by atoms with E-state index in [0.29, 0.717) is 6.54 Å². The maximum absolute atomic E-state index is 11.3. The van der Waals surface area contributed by atoms with E-state index in [-0.39, 0.29) is 19.1 Å². The molecular weight excluding hydrogens is 256 g/mol. The standard InChI is InChI=1S/C15H24N2O3/c1-4-12-6-5-7-14(8-12)20-11-13(18)9-16-10-15(19)17(2)3/h5-8,13,16,18H,4,9-11H2,1-3H3. The fourth-order valence-electron chi connectivity index (χ4n) is 1.61. The fourth-order valence-corrected chi connectivity index (χ4v) is 1.61. The molecule has 0 aliphatic rings. The molecule has 1 unspecified atom stereocenters. The van der Waals surface area contributed by atoms with Crippen LogP contribution in [0.1, 0.15) is 12.5 Å². The van der Waals surface area contributed by atoms with E-state index < -0.39 is 6.10 Å². The number of carbonyl (C=O) groups excluding carboxylic acids is 1. The third-order valence-corrected chi connectivity index (χ3v) is 2.90. The number of ether oxygens (including phenoxy) is 1. The first-order valence-corrected chi connectivity index (χ1v) is 6.83. The Morgan fingerprint density at radius 1 is 1.45 bits per heavy atom. The average Bonchev–Trinajstić information content (AvgIpc) is 2.45. The van der Waals surface area contributed by atoms with Crippen LogP contribution < -0.4 is 10.1 Å². The molecule has 2 N–H and O–H groups in total. The van der Waals surface area contributed by atoms with Crippen LogP contribution in [0.5, 0.6) is 5.75 Å². The summed E-state index contributed by atoms with van der Waals surface area (Å²) < 4.78 is 5.53. The summed E-state index contributed by atoms with van der Waals surface area (Å²) in [5, 5.41) is 12.7. The molecule has 1 aromatic rings. The highest BCUT2D eigenvalue weighted by atomic mass is 16.5. The van der Waals surface area contributed by atoms with Crippen molar-refractivity contribution in [1.29, 1.82) is 0 Å². The number of rotatable bonds is 8. The lowest BCUT2D eigenvalue weighted by Crippen LogP contribution is -2.38. The number of hydrogen-bond donors (Lipinski definition) is 2. The molecule has 0 saturated carbocycles. The van der Waals surface area contributed by atoms with Crippen LogP contribution in [0.4, 0.5) is 0 Å². The van der Waals surface area contributed by atoms with Gasteiger partial charge in [-0.3, -0.25) is 4.79 Å². The Bertz CT molecular complexity index is 421. The van der Waals surface area contributed by atoms with Gasteiger partial charge in [0.15, 0.2) is 0 Å². The molecule has 1 rings (SSSR count). The van der Waals surface area contributed by atoms with Gasteiger partial charge in [0, 0.05) is 20.6 Å². The summed E-state index contributed by atoms with van der Waals surface area (Å²) in [6.45, 7) is 2.83. The number of aliphatic hydroxyl groups is 1. The number of amides is 1. The monoisotopic (exact) mass is 280 g/mol. The van der Waals surface area contributed by atoms with Crippen molar-refractivity contribution >= 4 is 5.91 Å². The quantitative estimate of drug-likeness (QED) is 0.734. The number of carbonyl (C=O) groups is 1. The van der Waals surface area contributed by atoms with Crippen LogP contribution in [0.15, 0.2) is 24.3 Å². The molecule has 0 aliphatic carbocycles. The van der Waals surface area contributed by atoms with Gasteiger partial charge in [-0.15, -0.1) is 0 Å². The molecule has 0 fully saturated rings. The molecule has 5 heteroatoms. The van der Waals surface area contributed by atoms with Crippen molar-refractivity contribution in [3.63, 3.8) is 0 Å². The van der Waals surface area contributed by atoms with Crippen LogP contribution in [-0.2, 0) is 11.2 Å². The third kappa shape index (κ3) is 6.04. The van der Waals surface area contributed by atoms with Gasteiger partial charge in [0.25, 0.3) is 0 Å². The average molecular weight is 280 g/mol. The minimum atomic E-state index is -0.643. The van der Waals surface area contributed by atoms with E-state index in [1.807, 2.05) is 24.3 Å². The van der Waals surface area contributed by atoms with Gasteiger partial charge >= 0.3 is 0 Å². The topological polar surface area (TPSA) is 61.8 Å². The molecule has 0 heterocycles. The Kier molecular flexibility index (Phi) is 7.04. The highest BCUT2D eigenvalue weighted by Gasteiger charge is 2.08. The number of aryl methyl sites for hydroxylation is 1. The Morgan fingerprint density at radius 3 is 2.85 bits per heavy atom. The largest absolute Gasteiger partial charge is 0.491 e. The molecule has 0 saturated heterocycles. The number of nitrogens with one attached hydrogen (secondary N) is 1. The van der Waals surface area contributed by atoms with Gasteiger partial charge in [-0.1, -0.05) is 19.1 Å². The number of nitrogens with zero attached hydrogens (tertiary/aromatic N) is 1. The van der Waals surface area contributed by atoms with E-state index in [9.17, 15) is 9.90 Å². The maximum Gasteiger partial charge on any atom is 0.236 e. The molecule has 1 atom stereocenters. The van der Waals surface area contributed by atoms with Gasteiger partial charge in [-0.05, 0) is 24.1 Å². The summed E-state index contributed by atoms with van der Waals surface area (Å²) >= 11 is 0.